The molecule has 1 aromatic heterocycles. The first-order valence-electron chi connectivity index (χ1n) is 9.77. The highest BCUT2D eigenvalue weighted by atomic mass is 32.2. The Bertz CT molecular complexity index is 980. The summed E-state index contributed by atoms with van der Waals surface area (Å²) in [6, 6.07) is 14.9. The van der Waals surface area contributed by atoms with Crippen molar-refractivity contribution in [3.8, 4) is 0 Å². The molecule has 0 spiro atoms. The van der Waals surface area contributed by atoms with Crippen LogP contribution in [0.5, 0.6) is 0 Å². The van der Waals surface area contributed by atoms with E-state index in [9.17, 15) is 4.79 Å². The summed E-state index contributed by atoms with van der Waals surface area (Å²) in [5.74, 6) is 3.74. The van der Waals surface area contributed by atoms with Crippen molar-refractivity contribution in [1.82, 2.24) is 20.8 Å². The number of thioether (sulfide) groups is 1. The Balaban J connectivity index is 1.19. The number of H-pyrrole nitrogens is 1. The molecule has 2 atom stereocenters. The minimum atomic E-state index is -0.287. The van der Waals surface area contributed by atoms with E-state index in [0.29, 0.717) is 6.54 Å². The Morgan fingerprint density at radius 2 is 1.96 bits per heavy atom. The second-order valence-corrected chi connectivity index (χ2v) is 8.56. The summed E-state index contributed by atoms with van der Waals surface area (Å²) in [6.07, 6.45) is 4.44. The minimum absolute atomic E-state index is 0.0130. The normalized spacial score (nSPS) is 22.3. The molecule has 0 bridgehead atoms. The highest BCUT2D eigenvalue weighted by Crippen LogP contribution is 2.40. The SMILES string of the molecule is O=C(NCc1ccc2[nH]ncc2c1)[C@@H]1[CH]SCC(c2ccc(C3CC3)cc2)N1. The van der Waals surface area contributed by atoms with Crippen LogP contribution in [0.1, 0.15) is 41.5 Å². The Morgan fingerprint density at radius 3 is 2.79 bits per heavy atom. The number of aromatic amines is 1. The van der Waals surface area contributed by atoms with E-state index in [1.165, 1.54) is 24.0 Å². The number of carbonyl (C=O) groups excluding carboxylic acids is 1. The van der Waals surface area contributed by atoms with Gasteiger partial charge in [-0.2, -0.15) is 16.9 Å². The van der Waals surface area contributed by atoms with E-state index in [1.807, 2.05) is 17.9 Å². The Labute approximate surface area is 168 Å². The van der Waals surface area contributed by atoms with Crippen molar-refractivity contribution in [3.63, 3.8) is 0 Å². The van der Waals surface area contributed by atoms with Gasteiger partial charge in [0.05, 0.1) is 11.7 Å². The molecule has 5 rings (SSSR count). The van der Waals surface area contributed by atoms with E-state index in [2.05, 4.69) is 51.2 Å². The molecule has 6 heteroatoms. The highest BCUT2D eigenvalue weighted by molar-refractivity contribution is 8.01. The number of aromatic nitrogens is 2. The van der Waals surface area contributed by atoms with E-state index < -0.39 is 0 Å². The van der Waals surface area contributed by atoms with Crippen molar-refractivity contribution in [2.24, 2.45) is 0 Å². The zero-order valence-corrected chi connectivity index (χ0v) is 16.3. The van der Waals surface area contributed by atoms with Crippen LogP contribution in [-0.2, 0) is 11.3 Å². The first-order valence-corrected chi connectivity index (χ1v) is 10.8. The molecule has 1 amide bonds. The monoisotopic (exact) mass is 391 g/mol. The molecule has 1 unspecified atom stereocenters. The summed E-state index contributed by atoms with van der Waals surface area (Å²) in [4.78, 5) is 12.7. The second kappa shape index (κ2) is 7.60. The van der Waals surface area contributed by atoms with Gasteiger partial charge < -0.3 is 5.32 Å². The smallest absolute Gasteiger partial charge is 0.238 e. The second-order valence-electron chi connectivity index (χ2n) is 7.62. The molecule has 1 radical (unpaired) electrons. The Kier molecular flexibility index (Phi) is 4.82. The van der Waals surface area contributed by atoms with E-state index in [1.54, 1.807) is 18.0 Å². The molecular weight excluding hydrogens is 368 g/mol. The molecule has 2 aromatic carbocycles. The van der Waals surface area contributed by atoms with Gasteiger partial charge in [-0.3, -0.25) is 15.2 Å². The number of nitrogens with one attached hydrogen (secondary N) is 3. The van der Waals surface area contributed by atoms with E-state index in [4.69, 9.17) is 0 Å². The van der Waals surface area contributed by atoms with Crippen LogP contribution in [0, 0.1) is 5.75 Å². The number of benzene rings is 2. The lowest BCUT2D eigenvalue weighted by molar-refractivity contribution is -0.122. The van der Waals surface area contributed by atoms with Crippen LogP contribution in [0.3, 0.4) is 0 Å². The average molecular weight is 392 g/mol. The molecule has 3 N–H and O–H groups in total. The summed E-state index contributed by atoms with van der Waals surface area (Å²) >= 11 is 1.72. The molecule has 2 fully saturated rings. The van der Waals surface area contributed by atoms with Crippen molar-refractivity contribution in [1.29, 1.82) is 0 Å². The van der Waals surface area contributed by atoms with Crippen molar-refractivity contribution in [3.05, 3.63) is 71.1 Å². The maximum absolute atomic E-state index is 12.7. The lowest BCUT2D eigenvalue weighted by Gasteiger charge is -2.30. The van der Waals surface area contributed by atoms with Crippen LogP contribution in [-0.4, -0.2) is 27.9 Å². The van der Waals surface area contributed by atoms with Crippen molar-refractivity contribution < 1.29 is 4.79 Å². The van der Waals surface area contributed by atoms with Gasteiger partial charge in [0.15, 0.2) is 0 Å². The largest absolute Gasteiger partial charge is 0.351 e. The van der Waals surface area contributed by atoms with E-state index in [-0.39, 0.29) is 18.0 Å². The summed E-state index contributed by atoms with van der Waals surface area (Å²) in [6.45, 7) is 0.511. The van der Waals surface area contributed by atoms with Crippen molar-refractivity contribution in [2.45, 2.75) is 37.4 Å². The molecule has 1 saturated heterocycles. The molecule has 1 aliphatic heterocycles. The predicted octanol–water partition coefficient (Wildman–Crippen LogP) is 3.66. The first-order chi connectivity index (χ1) is 13.8. The van der Waals surface area contributed by atoms with Crippen LogP contribution in [0.25, 0.3) is 10.9 Å². The quantitative estimate of drug-likeness (QED) is 0.621. The number of rotatable bonds is 5. The fourth-order valence-electron chi connectivity index (χ4n) is 3.70. The molecule has 1 saturated carbocycles. The van der Waals surface area contributed by atoms with Gasteiger partial charge in [-0.25, -0.2) is 0 Å². The summed E-state index contributed by atoms with van der Waals surface area (Å²) in [7, 11) is 0. The van der Waals surface area contributed by atoms with Crippen LogP contribution in [0.2, 0.25) is 0 Å². The standard InChI is InChI=1S/C22H23N4OS/c27-22(23-10-14-1-8-19-18(9-14)11-24-26-19)21-13-28-12-20(25-21)17-6-4-16(5-7-17)15-2-3-15/h1,4-9,11,13,15,20-21,25H,2-3,10,12H2,(H,23,27)(H,24,26)/t20?,21-/m0/s1. The third-order valence-electron chi connectivity index (χ3n) is 5.52. The Hall–Kier alpha value is -2.31. The number of hydrogen-bond donors (Lipinski definition) is 3. The molecule has 5 nitrogen and oxygen atoms in total. The van der Waals surface area contributed by atoms with E-state index in [0.717, 1.165) is 28.1 Å². The number of hydrogen-bond acceptors (Lipinski definition) is 4. The zero-order chi connectivity index (χ0) is 18.9. The molecule has 3 aromatic rings. The van der Waals surface area contributed by atoms with Gasteiger partial charge in [0.2, 0.25) is 5.91 Å². The van der Waals surface area contributed by atoms with Gasteiger partial charge in [-0.1, -0.05) is 30.3 Å². The fraction of sp³-hybridized carbons (Fsp3) is 0.318. The summed E-state index contributed by atoms with van der Waals surface area (Å²) in [5, 5.41) is 14.6. The maximum Gasteiger partial charge on any atom is 0.238 e. The van der Waals surface area contributed by atoms with Gasteiger partial charge >= 0.3 is 0 Å². The van der Waals surface area contributed by atoms with Crippen LogP contribution in [0.4, 0.5) is 0 Å². The van der Waals surface area contributed by atoms with Crippen LogP contribution < -0.4 is 10.6 Å². The molecule has 2 aliphatic rings. The van der Waals surface area contributed by atoms with Gasteiger partial charge in [-0.05, 0) is 47.6 Å². The molecule has 28 heavy (non-hydrogen) atoms. The predicted molar refractivity (Wildman–Crippen MR) is 113 cm³/mol. The van der Waals surface area contributed by atoms with Gasteiger partial charge in [0.25, 0.3) is 0 Å². The molecular formula is C22H23N4OS. The minimum Gasteiger partial charge on any atom is -0.351 e. The summed E-state index contributed by atoms with van der Waals surface area (Å²) in [5.41, 5.74) is 4.78. The molecule has 143 valence electrons. The Morgan fingerprint density at radius 1 is 1.14 bits per heavy atom. The first kappa shape index (κ1) is 17.8. The third kappa shape index (κ3) is 3.80. The lowest BCUT2D eigenvalue weighted by atomic mass is 10.0. The maximum atomic E-state index is 12.7. The third-order valence-corrected chi connectivity index (χ3v) is 6.51. The number of amides is 1. The van der Waals surface area contributed by atoms with Crippen LogP contribution >= 0.6 is 11.8 Å². The topological polar surface area (TPSA) is 69.8 Å². The molecule has 2 heterocycles. The fourth-order valence-corrected chi connectivity index (χ4v) is 4.69. The van der Waals surface area contributed by atoms with E-state index >= 15 is 0 Å². The highest BCUT2D eigenvalue weighted by Gasteiger charge is 2.28. The van der Waals surface area contributed by atoms with Crippen molar-refractivity contribution >= 4 is 28.6 Å². The number of carbonyl (C=O) groups is 1. The summed E-state index contributed by atoms with van der Waals surface area (Å²) < 4.78 is 0. The average Bonchev–Trinajstić information content (AvgIpc) is 3.49. The van der Waals surface area contributed by atoms with Gasteiger partial charge in [0, 0.05) is 29.5 Å². The van der Waals surface area contributed by atoms with Crippen molar-refractivity contribution in [2.75, 3.05) is 5.75 Å². The zero-order valence-electron chi connectivity index (χ0n) is 15.5. The van der Waals surface area contributed by atoms with Gasteiger partial charge in [0.1, 0.15) is 6.04 Å². The molecule has 1 aliphatic carbocycles. The van der Waals surface area contributed by atoms with Crippen LogP contribution in [0.15, 0.2) is 48.7 Å². The number of fused-ring (bicyclic) bond motifs is 1. The lowest BCUT2D eigenvalue weighted by Crippen LogP contribution is -2.48. The number of nitrogens with zero attached hydrogens (tertiary/aromatic N) is 1. The van der Waals surface area contributed by atoms with Gasteiger partial charge in [-0.15, -0.1) is 0 Å².